The van der Waals surface area contributed by atoms with E-state index in [0.29, 0.717) is 0 Å². The van der Waals surface area contributed by atoms with Gasteiger partial charge in [-0.05, 0) is 29.9 Å². The van der Waals surface area contributed by atoms with Crippen molar-refractivity contribution in [2.75, 3.05) is 5.75 Å². The van der Waals surface area contributed by atoms with Crippen LogP contribution >= 0.6 is 11.8 Å². The summed E-state index contributed by atoms with van der Waals surface area (Å²) in [6, 6.07) is 6.42. The molecule has 2 heteroatoms. The number of aryl methyl sites for hydroxylation is 1. The molecule has 0 aliphatic heterocycles. The molecule has 1 heterocycles. The summed E-state index contributed by atoms with van der Waals surface area (Å²) in [6.07, 6.45) is 2.14. The topological polar surface area (TPSA) is 15.8 Å². The minimum absolute atomic E-state index is 1.11. The Bertz CT molecular complexity index is 431. The molecule has 0 unspecified atom stereocenters. The van der Waals surface area contributed by atoms with Gasteiger partial charge < -0.3 is 4.98 Å². The molecule has 1 aromatic carbocycles. The van der Waals surface area contributed by atoms with Crippen molar-refractivity contribution in [3.05, 3.63) is 35.5 Å². The van der Waals surface area contributed by atoms with Gasteiger partial charge in [0.2, 0.25) is 0 Å². The van der Waals surface area contributed by atoms with Gasteiger partial charge in [0, 0.05) is 22.9 Å². The second-order valence-electron chi connectivity index (χ2n) is 3.45. The quantitative estimate of drug-likeness (QED) is 0.807. The van der Waals surface area contributed by atoms with Crippen LogP contribution in [0.1, 0.15) is 18.1 Å². The first-order chi connectivity index (χ1) is 6.83. The molecule has 0 spiro atoms. The zero-order valence-electron chi connectivity index (χ0n) is 8.63. The summed E-state index contributed by atoms with van der Waals surface area (Å²) in [5.74, 6) is 2.29. The van der Waals surface area contributed by atoms with Crippen LogP contribution in [0.5, 0.6) is 0 Å². The molecular weight excluding hydrogens is 190 g/mol. The Morgan fingerprint density at radius 1 is 1.36 bits per heavy atom. The van der Waals surface area contributed by atoms with Crippen LogP contribution in [0.4, 0.5) is 0 Å². The number of thioether (sulfide) groups is 1. The molecule has 0 radical (unpaired) electrons. The molecule has 0 saturated carbocycles. The average molecular weight is 205 g/mol. The van der Waals surface area contributed by atoms with E-state index >= 15 is 0 Å². The number of rotatable bonds is 3. The van der Waals surface area contributed by atoms with Crippen LogP contribution in [0, 0.1) is 6.92 Å². The van der Waals surface area contributed by atoms with Crippen molar-refractivity contribution in [2.45, 2.75) is 19.6 Å². The molecule has 0 bridgehead atoms. The first-order valence-corrected chi connectivity index (χ1v) is 6.11. The normalized spacial score (nSPS) is 11.0. The van der Waals surface area contributed by atoms with E-state index in [9.17, 15) is 0 Å². The van der Waals surface area contributed by atoms with Crippen molar-refractivity contribution >= 4 is 22.7 Å². The van der Waals surface area contributed by atoms with E-state index in [2.05, 4.69) is 43.2 Å². The van der Waals surface area contributed by atoms with Gasteiger partial charge in [0.25, 0.3) is 0 Å². The number of benzene rings is 1. The SMILES string of the molecule is CCSCc1c[nH]c2cccc(C)c12. The molecule has 1 N–H and O–H groups in total. The Labute approximate surface area is 88.9 Å². The van der Waals surface area contributed by atoms with Crippen molar-refractivity contribution in [1.29, 1.82) is 0 Å². The predicted molar refractivity (Wildman–Crippen MR) is 64.9 cm³/mol. The van der Waals surface area contributed by atoms with Crippen LogP contribution < -0.4 is 0 Å². The van der Waals surface area contributed by atoms with E-state index in [1.54, 1.807) is 0 Å². The summed E-state index contributed by atoms with van der Waals surface area (Å²) < 4.78 is 0. The van der Waals surface area contributed by atoms with Crippen molar-refractivity contribution in [1.82, 2.24) is 4.98 Å². The molecule has 1 aromatic heterocycles. The Morgan fingerprint density at radius 3 is 3.00 bits per heavy atom. The van der Waals surface area contributed by atoms with Gasteiger partial charge in [-0.25, -0.2) is 0 Å². The van der Waals surface area contributed by atoms with Gasteiger partial charge in [-0.15, -0.1) is 0 Å². The largest absolute Gasteiger partial charge is 0.361 e. The van der Waals surface area contributed by atoms with E-state index in [1.165, 1.54) is 27.8 Å². The van der Waals surface area contributed by atoms with Crippen molar-refractivity contribution in [3.63, 3.8) is 0 Å². The fourth-order valence-corrected chi connectivity index (χ4v) is 2.43. The Kier molecular flexibility index (Phi) is 2.82. The van der Waals surface area contributed by atoms with E-state index < -0.39 is 0 Å². The molecule has 0 amide bonds. The molecule has 2 aromatic rings. The van der Waals surface area contributed by atoms with E-state index in [-0.39, 0.29) is 0 Å². The number of aromatic nitrogens is 1. The monoisotopic (exact) mass is 205 g/mol. The van der Waals surface area contributed by atoms with Gasteiger partial charge in [0.05, 0.1) is 0 Å². The summed E-state index contributed by atoms with van der Waals surface area (Å²) in [4.78, 5) is 3.32. The fraction of sp³-hybridized carbons (Fsp3) is 0.333. The second-order valence-corrected chi connectivity index (χ2v) is 4.72. The van der Waals surface area contributed by atoms with Gasteiger partial charge in [-0.2, -0.15) is 11.8 Å². The summed E-state index contributed by atoms with van der Waals surface area (Å²) in [7, 11) is 0. The number of hydrogen-bond donors (Lipinski definition) is 1. The number of fused-ring (bicyclic) bond motifs is 1. The van der Waals surface area contributed by atoms with Crippen LogP contribution in [0.3, 0.4) is 0 Å². The van der Waals surface area contributed by atoms with Crippen molar-refractivity contribution in [3.8, 4) is 0 Å². The molecule has 0 fully saturated rings. The van der Waals surface area contributed by atoms with Crippen molar-refractivity contribution < 1.29 is 0 Å². The van der Waals surface area contributed by atoms with Crippen LogP contribution in [0.2, 0.25) is 0 Å². The number of aromatic amines is 1. The first-order valence-electron chi connectivity index (χ1n) is 4.96. The number of hydrogen-bond acceptors (Lipinski definition) is 1. The van der Waals surface area contributed by atoms with Crippen molar-refractivity contribution in [2.24, 2.45) is 0 Å². The zero-order chi connectivity index (χ0) is 9.97. The lowest BCUT2D eigenvalue weighted by atomic mass is 10.1. The van der Waals surface area contributed by atoms with Crippen LogP contribution in [0.25, 0.3) is 10.9 Å². The highest BCUT2D eigenvalue weighted by Crippen LogP contribution is 2.25. The molecule has 74 valence electrons. The maximum Gasteiger partial charge on any atom is 0.0459 e. The van der Waals surface area contributed by atoms with Gasteiger partial charge >= 0.3 is 0 Å². The summed E-state index contributed by atoms with van der Waals surface area (Å²) in [5, 5.41) is 1.41. The van der Waals surface area contributed by atoms with E-state index in [4.69, 9.17) is 0 Å². The van der Waals surface area contributed by atoms with Gasteiger partial charge in [0.15, 0.2) is 0 Å². The molecule has 0 aliphatic rings. The maximum atomic E-state index is 3.32. The Morgan fingerprint density at radius 2 is 2.21 bits per heavy atom. The third kappa shape index (κ3) is 1.67. The second kappa shape index (κ2) is 4.09. The molecule has 0 aliphatic carbocycles. The number of nitrogens with one attached hydrogen (secondary N) is 1. The third-order valence-corrected chi connectivity index (χ3v) is 3.38. The number of H-pyrrole nitrogens is 1. The van der Waals surface area contributed by atoms with Crippen LogP contribution in [-0.2, 0) is 5.75 Å². The Balaban J connectivity index is 2.45. The summed E-state index contributed by atoms with van der Waals surface area (Å²) in [6.45, 7) is 4.38. The first kappa shape index (κ1) is 9.66. The molecular formula is C12H15NS. The zero-order valence-corrected chi connectivity index (χ0v) is 9.45. The minimum atomic E-state index is 1.11. The highest BCUT2D eigenvalue weighted by atomic mass is 32.2. The van der Waals surface area contributed by atoms with Crippen LogP contribution in [-0.4, -0.2) is 10.7 Å². The predicted octanol–water partition coefficient (Wildman–Crippen LogP) is 3.73. The highest BCUT2D eigenvalue weighted by molar-refractivity contribution is 7.98. The van der Waals surface area contributed by atoms with Gasteiger partial charge in [-0.1, -0.05) is 19.1 Å². The van der Waals surface area contributed by atoms with E-state index in [1.807, 2.05) is 11.8 Å². The fourth-order valence-electron chi connectivity index (χ4n) is 1.78. The molecule has 0 atom stereocenters. The van der Waals surface area contributed by atoms with Gasteiger partial charge in [-0.3, -0.25) is 0 Å². The average Bonchev–Trinajstić information content (AvgIpc) is 2.59. The van der Waals surface area contributed by atoms with Crippen LogP contribution in [0.15, 0.2) is 24.4 Å². The molecule has 14 heavy (non-hydrogen) atoms. The molecule has 1 nitrogen and oxygen atoms in total. The minimum Gasteiger partial charge on any atom is -0.361 e. The molecule has 0 saturated heterocycles. The van der Waals surface area contributed by atoms with Gasteiger partial charge in [0.1, 0.15) is 0 Å². The maximum absolute atomic E-state index is 3.32. The third-order valence-electron chi connectivity index (χ3n) is 2.46. The summed E-state index contributed by atoms with van der Waals surface area (Å²) in [5.41, 5.74) is 4.07. The standard InChI is InChI=1S/C12H15NS/c1-3-14-8-10-7-13-11-6-4-5-9(2)12(10)11/h4-7,13H,3,8H2,1-2H3. The lowest BCUT2D eigenvalue weighted by Gasteiger charge is -2.00. The highest BCUT2D eigenvalue weighted by Gasteiger charge is 2.04. The summed E-state index contributed by atoms with van der Waals surface area (Å²) >= 11 is 1.97. The molecule has 2 rings (SSSR count). The lowest BCUT2D eigenvalue weighted by Crippen LogP contribution is -1.81. The smallest absolute Gasteiger partial charge is 0.0459 e. The lowest BCUT2D eigenvalue weighted by molar-refractivity contribution is 1.38. The van der Waals surface area contributed by atoms with E-state index in [0.717, 1.165) is 5.75 Å². The Hall–Kier alpha value is -0.890.